The van der Waals surface area contributed by atoms with Gasteiger partial charge in [-0.1, -0.05) is 56.2 Å². The highest BCUT2D eigenvalue weighted by Gasteiger charge is 2.20. The molecule has 1 amide bonds. The minimum Gasteiger partial charge on any atom is -0.422 e. The van der Waals surface area contributed by atoms with Gasteiger partial charge in [-0.2, -0.15) is 0 Å². The number of aromatic nitrogens is 1. The molecule has 33 heavy (non-hydrogen) atoms. The van der Waals surface area contributed by atoms with Crippen LogP contribution in [0.15, 0.2) is 70.0 Å². The van der Waals surface area contributed by atoms with Gasteiger partial charge in [0.1, 0.15) is 17.9 Å². The average molecular weight is 450 g/mol. The van der Waals surface area contributed by atoms with Gasteiger partial charge in [0, 0.05) is 29.0 Å². The van der Waals surface area contributed by atoms with Crippen LogP contribution in [0.25, 0.3) is 21.9 Å². The van der Waals surface area contributed by atoms with E-state index in [1.165, 1.54) is 30.2 Å². The summed E-state index contributed by atoms with van der Waals surface area (Å²) in [4.78, 5) is 29.4. The summed E-state index contributed by atoms with van der Waals surface area (Å²) in [5.74, 6) is -0.545. The lowest BCUT2D eigenvalue weighted by Crippen LogP contribution is -2.36. The highest BCUT2D eigenvalue weighted by Crippen LogP contribution is 2.19. The number of aliphatic hydroxyl groups excluding tert-OH is 1. The topological polar surface area (TPSA) is 113 Å². The normalized spacial score (nSPS) is 10.8. The van der Waals surface area contributed by atoms with Gasteiger partial charge >= 0.3 is 5.63 Å². The first-order chi connectivity index (χ1) is 16.1. The van der Waals surface area contributed by atoms with Crippen LogP contribution < -0.4 is 11.4 Å². The molecule has 2 aromatic carbocycles. The standard InChI is InChI=1S/C21H18N2O4.C5H13N/c24-13-23(10-9-15-12-22-18-7-3-2-6-16(15)18)20(25)17-11-14-5-1-4-8-19(14)27-21(17)26;1-2-3-4-5-6/h1-8,11-12,22,24H,9-10,13H2;2-6H2,1H3. The number of hydrogen-bond donors (Lipinski definition) is 3. The van der Waals surface area contributed by atoms with Gasteiger partial charge in [0.25, 0.3) is 5.91 Å². The summed E-state index contributed by atoms with van der Waals surface area (Å²) in [6.45, 7) is 2.83. The Morgan fingerprint density at radius 3 is 2.61 bits per heavy atom. The predicted molar refractivity (Wildman–Crippen MR) is 131 cm³/mol. The van der Waals surface area contributed by atoms with Crippen molar-refractivity contribution < 1.29 is 14.3 Å². The van der Waals surface area contributed by atoms with E-state index in [4.69, 9.17) is 10.2 Å². The Morgan fingerprint density at radius 2 is 1.88 bits per heavy atom. The van der Waals surface area contributed by atoms with Crippen molar-refractivity contribution >= 4 is 27.8 Å². The van der Waals surface area contributed by atoms with Crippen molar-refractivity contribution in [3.63, 3.8) is 0 Å². The number of carbonyl (C=O) groups excluding carboxylic acids is 1. The number of para-hydroxylation sites is 2. The Labute approximate surface area is 192 Å². The van der Waals surface area contributed by atoms with Gasteiger partial charge in [-0.15, -0.1) is 0 Å². The third-order valence-electron chi connectivity index (χ3n) is 5.46. The lowest BCUT2D eigenvalue weighted by Gasteiger charge is -2.19. The fourth-order valence-corrected chi connectivity index (χ4v) is 3.61. The van der Waals surface area contributed by atoms with Crippen molar-refractivity contribution in [3.05, 3.63) is 82.3 Å². The fraction of sp³-hybridized carbons (Fsp3) is 0.308. The SMILES string of the molecule is CCCCCN.O=C(c1cc2ccccc2oc1=O)N(CO)CCc1c[nH]c2ccccc12. The molecule has 7 nitrogen and oxygen atoms in total. The summed E-state index contributed by atoms with van der Waals surface area (Å²) >= 11 is 0. The van der Waals surface area contributed by atoms with Crippen LogP contribution in [0.5, 0.6) is 0 Å². The zero-order valence-corrected chi connectivity index (χ0v) is 18.9. The molecule has 0 spiro atoms. The van der Waals surface area contributed by atoms with E-state index in [1.807, 2.05) is 30.5 Å². The van der Waals surface area contributed by atoms with Crippen LogP contribution >= 0.6 is 0 Å². The maximum Gasteiger partial charge on any atom is 0.349 e. The predicted octanol–water partition coefficient (Wildman–Crippen LogP) is 4.04. The molecule has 4 aromatic rings. The molecule has 0 aliphatic rings. The third kappa shape index (κ3) is 6.09. The minimum absolute atomic E-state index is 0.0818. The zero-order valence-electron chi connectivity index (χ0n) is 18.9. The van der Waals surface area contributed by atoms with Crippen LogP contribution in [0.4, 0.5) is 0 Å². The van der Waals surface area contributed by atoms with Gasteiger partial charge in [-0.05, 0) is 43.1 Å². The van der Waals surface area contributed by atoms with E-state index in [0.29, 0.717) is 17.4 Å². The summed E-state index contributed by atoms with van der Waals surface area (Å²) in [6, 6.07) is 16.4. The van der Waals surface area contributed by atoms with Gasteiger partial charge in [0.05, 0.1) is 0 Å². The van der Waals surface area contributed by atoms with Crippen LogP contribution in [0.3, 0.4) is 0 Å². The van der Waals surface area contributed by atoms with Gasteiger partial charge in [0.15, 0.2) is 0 Å². The smallest absolute Gasteiger partial charge is 0.349 e. The van der Waals surface area contributed by atoms with Gasteiger partial charge in [-0.25, -0.2) is 4.79 Å². The number of nitrogens with two attached hydrogens (primary N) is 1. The molecule has 7 heteroatoms. The number of carbonyl (C=O) groups is 1. The summed E-state index contributed by atoms with van der Waals surface area (Å²) in [6.07, 6.45) is 6.20. The van der Waals surface area contributed by atoms with Crippen molar-refractivity contribution in [2.75, 3.05) is 19.8 Å². The molecule has 2 aromatic heterocycles. The van der Waals surface area contributed by atoms with Crippen LogP contribution in [-0.2, 0) is 6.42 Å². The molecule has 0 bridgehead atoms. The van der Waals surface area contributed by atoms with E-state index < -0.39 is 18.3 Å². The zero-order chi connectivity index (χ0) is 23.6. The molecule has 0 saturated carbocycles. The second kappa shape index (κ2) is 12.0. The molecular formula is C26H31N3O4. The van der Waals surface area contributed by atoms with Gasteiger partial charge < -0.3 is 25.1 Å². The van der Waals surface area contributed by atoms with Crippen molar-refractivity contribution in [1.29, 1.82) is 0 Å². The molecule has 0 aliphatic carbocycles. The number of nitrogens with one attached hydrogen (secondary N) is 1. The number of hydrogen-bond acceptors (Lipinski definition) is 5. The molecule has 4 rings (SSSR count). The third-order valence-corrected chi connectivity index (χ3v) is 5.46. The first-order valence-corrected chi connectivity index (χ1v) is 11.3. The molecule has 0 radical (unpaired) electrons. The van der Waals surface area contributed by atoms with Crippen LogP contribution in [-0.4, -0.2) is 40.7 Å². The summed E-state index contributed by atoms with van der Waals surface area (Å²) in [5.41, 5.74) is 6.91. The lowest BCUT2D eigenvalue weighted by atomic mass is 10.1. The van der Waals surface area contributed by atoms with Crippen LogP contribution in [0.1, 0.15) is 42.1 Å². The average Bonchev–Trinajstić information content (AvgIpc) is 3.26. The maximum atomic E-state index is 12.8. The molecule has 0 fully saturated rings. The number of rotatable bonds is 8. The maximum absolute atomic E-state index is 12.8. The fourth-order valence-electron chi connectivity index (χ4n) is 3.61. The molecule has 0 aliphatic heterocycles. The quantitative estimate of drug-likeness (QED) is 0.213. The molecule has 4 N–H and O–H groups in total. The Bertz CT molecular complexity index is 1240. The highest BCUT2D eigenvalue weighted by atomic mass is 16.4. The van der Waals surface area contributed by atoms with Crippen molar-refractivity contribution in [2.24, 2.45) is 5.73 Å². The molecule has 2 heterocycles. The minimum atomic E-state index is -0.704. The Hall–Kier alpha value is -3.42. The van der Waals surface area contributed by atoms with E-state index in [9.17, 15) is 14.7 Å². The second-order valence-electron chi connectivity index (χ2n) is 7.80. The second-order valence-corrected chi connectivity index (χ2v) is 7.80. The van der Waals surface area contributed by atoms with Crippen LogP contribution in [0, 0.1) is 0 Å². The van der Waals surface area contributed by atoms with E-state index >= 15 is 0 Å². The van der Waals surface area contributed by atoms with Crippen LogP contribution in [0.2, 0.25) is 0 Å². The lowest BCUT2D eigenvalue weighted by molar-refractivity contribution is 0.0555. The highest BCUT2D eigenvalue weighted by molar-refractivity contribution is 5.96. The summed E-state index contributed by atoms with van der Waals surface area (Å²) in [7, 11) is 0. The first kappa shape index (κ1) is 24.2. The van der Waals surface area contributed by atoms with E-state index in [-0.39, 0.29) is 12.1 Å². The van der Waals surface area contributed by atoms with Crippen molar-refractivity contribution in [1.82, 2.24) is 9.88 Å². The Morgan fingerprint density at radius 1 is 1.12 bits per heavy atom. The van der Waals surface area contributed by atoms with E-state index in [2.05, 4.69) is 11.9 Å². The summed E-state index contributed by atoms with van der Waals surface area (Å²) < 4.78 is 5.23. The van der Waals surface area contributed by atoms with E-state index in [1.54, 1.807) is 24.3 Å². The first-order valence-electron chi connectivity index (χ1n) is 11.3. The number of aliphatic hydroxyl groups is 1. The molecule has 174 valence electrons. The number of unbranched alkanes of at least 4 members (excludes halogenated alkanes) is 2. The summed E-state index contributed by atoms with van der Waals surface area (Å²) in [5, 5.41) is 11.4. The van der Waals surface area contributed by atoms with Crippen molar-refractivity contribution in [3.8, 4) is 0 Å². The number of benzene rings is 2. The number of H-pyrrole nitrogens is 1. The number of nitrogens with zero attached hydrogens (tertiary/aromatic N) is 1. The Balaban J connectivity index is 0.000000454. The molecule has 0 unspecified atom stereocenters. The van der Waals surface area contributed by atoms with Gasteiger partial charge in [-0.3, -0.25) is 4.79 Å². The molecule has 0 atom stereocenters. The van der Waals surface area contributed by atoms with Gasteiger partial charge in [0.2, 0.25) is 0 Å². The largest absolute Gasteiger partial charge is 0.422 e. The monoisotopic (exact) mass is 449 g/mol. The Kier molecular flexibility index (Phi) is 8.80. The number of aromatic amines is 1. The molecule has 0 saturated heterocycles. The van der Waals surface area contributed by atoms with E-state index in [0.717, 1.165) is 23.0 Å². The van der Waals surface area contributed by atoms with Crippen molar-refractivity contribution in [2.45, 2.75) is 32.6 Å². The number of amides is 1. The molecular weight excluding hydrogens is 418 g/mol. The number of fused-ring (bicyclic) bond motifs is 2.